The molecule has 16 heavy (non-hydrogen) atoms. The van der Waals surface area contributed by atoms with Crippen LogP contribution in [0.1, 0.15) is 73.1 Å². The second kappa shape index (κ2) is 4.03. The lowest BCUT2D eigenvalue weighted by atomic mass is 9.68. The summed E-state index contributed by atoms with van der Waals surface area (Å²) in [6.45, 7) is 12.2. The Balaban J connectivity index is 1.89. The van der Waals surface area contributed by atoms with Gasteiger partial charge in [0.1, 0.15) is 0 Å². The van der Waals surface area contributed by atoms with Gasteiger partial charge in [-0.1, -0.05) is 41.0 Å². The second-order valence-electron chi connectivity index (χ2n) is 8.31. The fourth-order valence-corrected chi connectivity index (χ4v) is 4.88. The quantitative estimate of drug-likeness (QED) is 0.610. The molecule has 0 nitrogen and oxygen atoms in total. The Morgan fingerprint density at radius 3 is 2.38 bits per heavy atom. The van der Waals surface area contributed by atoms with Crippen molar-refractivity contribution in [3.8, 4) is 0 Å². The lowest BCUT2D eigenvalue weighted by Gasteiger charge is -2.37. The van der Waals surface area contributed by atoms with Gasteiger partial charge < -0.3 is 0 Å². The van der Waals surface area contributed by atoms with Crippen LogP contribution < -0.4 is 0 Å². The van der Waals surface area contributed by atoms with Gasteiger partial charge in [0.15, 0.2) is 0 Å². The van der Waals surface area contributed by atoms with Crippen molar-refractivity contribution in [2.75, 3.05) is 0 Å². The number of rotatable bonds is 3. The van der Waals surface area contributed by atoms with Crippen molar-refractivity contribution in [2.45, 2.75) is 73.1 Å². The third-order valence-corrected chi connectivity index (χ3v) is 5.06. The molecule has 2 aliphatic rings. The van der Waals surface area contributed by atoms with Gasteiger partial charge in [0.05, 0.1) is 0 Å². The molecule has 2 aliphatic carbocycles. The third-order valence-electron chi connectivity index (χ3n) is 5.06. The van der Waals surface area contributed by atoms with E-state index in [1.807, 2.05) is 0 Å². The van der Waals surface area contributed by atoms with E-state index in [2.05, 4.69) is 34.6 Å². The topological polar surface area (TPSA) is 0 Å². The van der Waals surface area contributed by atoms with Gasteiger partial charge in [-0.15, -0.1) is 0 Å². The molecular weight excluding hydrogens is 192 g/mol. The fraction of sp³-hybridized carbons (Fsp3) is 1.00. The highest BCUT2D eigenvalue weighted by atomic mass is 14.5. The summed E-state index contributed by atoms with van der Waals surface area (Å²) in [7, 11) is 0. The smallest absolute Gasteiger partial charge is 0.0292 e. The first-order valence-electron chi connectivity index (χ1n) is 7.28. The highest BCUT2D eigenvalue weighted by Gasteiger charge is 2.47. The third kappa shape index (κ3) is 2.63. The Bertz CT molecular complexity index is 247. The first-order chi connectivity index (χ1) is 7.28. The van der Waals surface area contributed by atoms with Crippen LogP contribution in [0.3, 0.4) is 0 Å². The average Bonchev–Trinajstić information content (AvgIpc) is 2.57. The molecule has 4 unspecified atom stereocenters. The van der Waals surface area contributed by atoms with Crippen LogP contribution in [0.4, 0.5) is 0 Å². The molecule has 0 aliphatic heterocycles. The lowest BCUT2D eigenvalue weighted by molar-refractivity contribution is 0.129. The SMILES string of the molecule is CC(CC(C)(C)C)CC1(C)CC2CCC1C2. The van der Waals surface area contributed by atoms with Crippen molar-refractivity contribution in [3.05, 3.63) is 0 Å². The van der Waals surface area contributed by atoms with E-state index in [0.29, 0.717) is 10.8 Å². The van der Waals surface area contributed by atoms with Gasteiger partial charge in [0.2, 0.25) is 0 Å². The van der Waals surface area contributed by atoms with E-state index in [0.717, 1.165) is 17.8 Å². The van der Waals surface area contributed by atoms with Crippen LogP contribution in [0, 0.1) is 28.6 Å². The van der Waals surface area contributed by atoms with Gasteiger partial charge in [-0.05, 0) is 60.7 Å². The van der Waals surface area contributed by atoms with Gasteiger partial charge in [-0.25, -0.2) is 0 Å². The Hall–Kier alpha value is 0. The van der Waals surface area contributed by atoms with Crippen LogP contribution in [0.5, 0.6) is 0 Å². The molecule has 0 heteroatoms. The maximum atomic E-state index is 2.58. The number of fused-ring (bicyclic) bond motifs is 2. The van der Waals surface area contributed by atoms with Crippen LogP contribution in [-0.4, -0.2) is 0 Å². The van der Waals surface area contributed by atoms with Gasteiger partial charge in [0.25, 0.3) is 0 Å². The molecule has 0 saturated heterocycles. The zero-order chi connectivity index (χ0) is 12.0. The van der Waals surface area contributed by atoms with E-state index >= 15 is 0 Å². The van der Waals surface area contributed by atoms with Crippen molar-refractivity contribution in [1.29, 1.82) is 0 Å². The molecule has 0 heterocycles. The molecule has 2 bridgehead atoms. The summed E-state index contributed by atoms with van der Waals surface area (Å²) in [4.78, 5) is 0. The van der Waals surface area contributed by atoms with Crippen LogP contribution in [0.2, 0.25) is 0 Å². The summed E-state index contributed by atoms with van der Waals surface area (Å²) in [5.74, 6) is 3.07. The molecule has 0 aromatic heterocycles. The van der Waals surface area contributed by atoms with Gasteiger partial charge in [0, 0.05) is 0 Å². The summed E-state index contributed by atoms with van der Waals surface area (Å²) in [5.41, 5.74) is 1.21. The molecule has 2 rings (SSSR count). The van der Waals surface area contributed by atoms with E-state index < -0.39 is 0 Å². The van der Waals surface area contributed by atoms with Gasteiger partial charge in [-0.3, -0.25) is 0 Å². The largest absolute Gasteiger partial charge is 0.0625 e. The Labute approximate surface area is 102 Å². The first-order valence-corrected chi connectivity index (χ1v) is 7.28. The maximum Gasteiger partial charge on any atom is -0.0292 e. The molecule has 0 amide bonds. The lowest BCUT2D eigenvalue weighted by Crippen LogP contribution is -2.27. The minimum absolute atomic E-state index is 0.507. The maximum absolute atomic E-state index is 2.58. The monoisotopic (exact) mass is 222 g/mol. The molecule has 4 atom stereocenters. The summed E-state index contributed by atoms with van der Waals surface area (Å²) >= 11 is 0. The summed E-state index contributed by atoms with van der Waals surface area (Å²) in [6, 6.07) is 0. The van der Waals surface area contributed by atoms with E-state index in [-0.39, 0.29) is 0 Å². The minimum Gasteiger partial charge on any atom is -0.0625 e. The van der Waals surface area contributed by atoms with Crippen LogP contribution >= 0.6 is 0 Å². The molecule has 0 spiro atoms. The molecule has 0 N–H and O–H groups in total. The van der Waals surface area contributed by atoms with Crippen molar-refractivity contribution >= 4 is 0 Å². The summed E-state index contributed by atoms with van der Waals surface area (Å²) in [6.07, 6.45) is 9.02. The molecule has 2 saturated carbocycles. The highest BCUT2D eigenvalue weighted by molar-refractivity contribution is 4.98. The Morgan fingerprint density at radius 1 is 1.25 bits per heavy atom. The molecule has 2 fully saturated rings. The van der Waals surface area contributed by atoms with Crippen molar-refractivity contribution < 1.29 is 0 Å². The average molecular weight is 222 g/mol. The van der Waals surface area contributed by atoms with Crippen LogP contribution in [0.25, 0.3) is 0 Å². The highest BCUT2D eigenvalue weighted by Crippen LogP contribution is 2.58. The Morgan fingerprint density at radius 2 is 1.94 bits per heavy atom. The Kier molecular flexibility index (Phi) is 3.14. The van der Waals surface area contributed by atoms with E-state index in [1.165, 1.54) is 32.1 Å². The van der Waals surface area contributed by atoms with Crippen LogP contribution in [-0.2, 0) is 0 Å². The van der Waals surface area contributed by atoms with E-state index in [4.69, 9.17) is 0 Å². The molecular formula is C16H30. The van der Waals surface area contributed by atoms with Crippen molar-refractivity contribution in [2.24, 2.45) is 28.6 Å². The zero-order valence-electron chi connectivity index (χ0n) is 12.0. The normalized spacial score (nSPS) is 40.3. The standard InChI is InChI=1S/C16H30/c1-12(9-15(2,3)4)10-16(5)11-13-6-7-14(16)8-13/h12-14H,6-11H2,1-5H3. The predicted octanol–water partition coefficient (Wildman–Crippen LogP) is 5.28. The molecule has 0 radical (unpaired) electrons. The number of hydrogen-bond donors (Lipinski definition) is 0. The predicted molar refractivity (Wildman–Crippen MR) is 71.4 cm³/mol. The van der Waals surface area contributed by atoms with Crippen LogP contribution in [0.15, 0.2) is 0 Å². The zero-order valence-corrected chi connectivity index (χ0v) is 12.0. The van der Waals surface area contributed by atoms with Gasteiger partial charge >= 0.3 is 0 Å². The minimum atomic E-state index is 0.507. The molecule has 0 aromatic carbocycles. The van der Waals surface area contributed by atoms with Gasteiger partial charge in [-0.2, -0.15) is 0 Å². The van der Waals surface area contributed by atoms with Crippen molar-refractivity contribution in [1.82, 2.24) is 0 Å². The molecule has 94 valence electrons. The molecule has 0 aromatic rings. The first kappa shape index (κ1) is 12.5. The second-order valence-corrected chi connectivity index (χ2v) is 8.31. The summed E-state index contributed by atoms with van der Waals surface area (Å²) < 4.78 is 0. The van der Waals surface area contributed by atoms with E-state index in [1.54, 1.807) is 6.42 Å². The summed E-state index contributed by atoms with van der Waals surface area (Å²) in [5, 5.41) is 0. The fourth-order valence-electron chi connectivity index (χ4n) is 4.88. The number of hydrogen-bond acceptors (Lipinski definition) is 0. The van der Waals surface area contributed by atoms with E-state index in [9.17, 15) is 0 Å². The van der Waals surface area contributed by atoms with Crippen molar-refractivity contribution in [3.63, 3.8) is 0 Å².